The van der Waals surface area contributed by atoms with Crippen LogP contribution in [0.3, 0.4) is 0 Å². The molecule has 1 aromatic heterocycles. The minimum atomic E-state index is -0.511. The van der Waals surface area contributed by atoms with Crippen molar-refractivity contribution in [3.05, 3.63) is 30.3 Å². The number of benzene rings is 1. The number of imidazole rings is 1. The van der Waals surface area contributed by atoms with Crippen molar-refractivity contribution in [1.82, 2.24) is 9.55 Å². The molecule has 68 valence electrons. The summed E-state index contributed by atoms with van der Waals surface area (Å²) >= 11 is 0. The molecule has 1 heterocycles. The van der Waals surface area contributed by atoms with E-state index in [1.807, 2.05) is 18.2 Å². The van der Waals surface area contributed by atoms with Gasteiger partial charge in [0.05, 0.1) is 11.0 Å². The highest BCUT2D eigenvalue weighted by Crippen LogP contribution is 2.14. The molecule has 13 heavy (non-hydrogen) atoms. The molecule has 4 heteroatoms. The van der Waals surface area contributed by atoms with E-state index in [2.05, 4.69) is 4.98 Å². The van der Waals surface area contributed by atoms with Gasteiger partial charge in [-0.15, -0.1) is 0 Å². The van der Waals surface area contributed by atoms with E-state index in [9.17, 15) is 4.39 Å². The van der Waals surface area contributed by atoms with Crippen LogP contribution in [0.2, 0.25) is 0 Å². The monoisotopic (exact) mass is 180 g/mol. The van der Waals surface area contributed by atoms with Gasteiger partial charge in [0.15, 0.2) is 0 Å². The first-order valence-electron chi connectivity index (χ1n) is 3.92. The largest absolute Gasteiger partial charge is 0.364 e. The average molecular weight is 180 g/mol. The molecule has 2 rings (SSSR count). The summed E-state index contributed by atoms with van der Waals surface area (Å²) in [6.07, 6.45) is -0.511. The standard InChI is InChI=1S/C9H9FN2O/c1-13-6-12-8-5-3-2-4-7(8)11-9(12)10/h2-5H,6H2,1H3. The maximum atomic E-state index is 13.2. The summed E-state index contributed by atoms with van der Waals surface area (Å²) in [6, 6.07) is 7.25. The number of methoxy groups -OCH3 is 1. The Bertz CT molecular complexity index is 424. The summed E-state index contributed by atoms with van der Waals surface area (Å²) in [6.45, 7) is 0.187. The smallest absolute Gasteiger partial charge is 0.292 e. The lowest BCUT2D eigenvalue weighted by Crippen LogP contribution is -2.02. The number of fused-ring (bicyclic) bond motifs is 1. The number of aromatic nitrogens is 2. The number of rotatable bonds is 2. The second-order valence-electron chi connectivity index (χ2n) is 2.72. The van der Waals surface area contributed by atoms with E-state index in [1.165, 1.54) is 11.7 Å². The van der Waals surface area contributed by atoms with Crippen molar-refractivity contribution >= 4 is 11.0 Å². The van der Waals surface area contributed by atoms with E-state index >= 15 is 0 Å². The van der Waals surface area contributed by atoms with Crippen molar-refractivity contribution in [3.8, 4) is 0 Å². The molecule has 0 aliphatic carbocycles. The van der Waals surface area contributed by atoms with Gasteiger partial charge in [-0.2, -0.15) is 4.39 Å². The Balaban J connectivity index is 2.64. The molecule has 3 nitrogen and oxygen atoms in total. The zero-order valence-electron chi connectivity index (χ0n) is 7.20. The van der Waals surface area contributed by atoms with Crippen LogP contribution in [0, 0.1) is 6.08 Å². The van der Waals surface area contributed by atoms with E-state index in [-0.39, 0.29) is 6.73 Å². The number of halogens is 1. The zero-order valence-corrected chi connectivity index (χ0v) is 7.20. The number of para-hydroxylation sites is 2. The van der Waals surface area contributed by atoms with Crippen molar-refractivity contribution < 1.29 is 9.13 Å². The molecular formula is C9H9FN2O. The molecule has 0 bridgehead atoms. The van der Waals surface area contributed by atoms with Gasteiger partial charge in [0, 0.05) is 7.11 Å². The minimum Gasteiger partial charge on any atom is -0.364 e. The topological polar surface area (TPSA) is 27.1 Å². The van der Waals surface area contributed by atoms with Gasteiger partial charge in [0.1, 0.15) is 6.73 Å². The van der Waals surface area contributed by atoms with E-state index in [0.29, 0.717) is 5.52 Å². The third kappa shape index (κ3) is 1.29. The summed E-state index contributed by atoms with van der Waals surface area (Å²) in [7, 11) is 1.52. The summed E-state index contributed by atoms with van der Waals surface area (Å²) in [4.78, 5) is 3.75. The van der Waals surface area contributed by atoms with E-state index in [1.54, 1.807) is 6.07 Å². The number of ether oxygens (including phenoxy) is 1. The molecule has 0 atom stereocenters. The molecule has 2 aromatic rings. The molecule has 0 amide bonds. The van der Waals surface area contributed by atoms with Gasteiger partial charge in [0.2, 0.25) is 0 Å². The van der Waals surface area contributed by atoms with E-state index < -0.39 is 6.08 Å². The van der Waals surface area contributed by atoms with Crippen LogP contribution in [0.1, 0.15) is 0 Å². The molecule has 0 aliphatic heterocycles. The van der Waals surface area contributed by atoms with E-state index in [4.69, 9.17) is 4.74 Å². The van der Waals surface area contributed by atoms with Crippen LogP contribution in [-0.2, 0) is 11.5 Å². The average Bonchev–Trinajstić information content (AvgIpc) is 2.44. The Hall–Kier alpha value is -1.42. The minimum absolute atomic E-state index is 0.187. The molecule has 0 aliphatic rings. The quantitative estimate of drug-likeness (QED) is 0.704. The van der Waals surface area contributed by atoms with Crippen molar-refractivity contribution in [2.75, 3.05) is 7.11 Å². The van der Waals surface area contributed by atoms with Gasteiger partial charge in [-0.3, -0.25) is 4.57 Å². The molecule has 0 saturated heterocycles. The molecule has 0 N–H and O–H groups in total. The summed E-state index contributed by atoms with van der Waals surface area (Å²) in [5.74, 6) is 0. The fraction of sp³-hybridized carbons (Fsp3) is 0.222. The fourth-order valence-electron chi connectivity index (χ4n) is 1.30. The lowest BCUT2D eigenvalue weighted by Gasteiger charge is -2.01. The third-order valence-corrected chi connectivity index (χ3v) is 1.87. The number of hydrogen-bond acceptors (Lipinski definition) is 2. The van der Waals surface area contributed by atoms with Gasteiger partial charge in [-0.1, -0.05) is 12.1 Å². The van der Waals surface area contributed by atoms with Gasteiger partial charge in [-0.25, -0.2) is 4.98 Å². The Kier molecular flexibility index (Phi) is 1.98. The Morgan fingerprint density at radius 3 is 3.00 bits per heavy atom. The molecule has 0 fully saturated rings. The molecule has 0 unspecified atom stereocenters. The van der Waals surface area contributed by atoms with Crippen LogP contribution >= 0.6 is 0 Å². The summed E-state index contributed by atoms with van der Waals surface area (Å²) < 4.78 is 19.4. The maximum absolute atomic E-state index is 13.2. The highest BCUT2D eigenvalue weighted by molar-refractivity contribution is 5.74. The molecule has 1 aromatic carbocycles. The SMILES string of the molecule is COCn1c(F)nc2ccccc21. The van der Waals surface area contributed by atoms with Crippen molar-refractivity contribution in [3.63, 3.8) is 0 Å². The zero-order chi connectivity index (χ0) is 9.26. The highest BCUT2D eigenvalue weighted by atomic mass is 19.1. The third-order valence-electron chi connectivity index (χ3n) is 1.87. The van der Waals surface area contributed by atoms with Crippen molar-refractivity contribution in [2.24, 2.45) is 0 Å². The lowest BCUT2D eigenvalue weighted by atomic mass is 10.3. The maximum Gasteiger partial charge on any atom is 0.292 e. The first-order chi connectivity index (χ1) is 6.33. The summed E-state index contributed by atoms with van der Waals surface area (Å²) in [5.41, 5.74) is 1.40. The second kappa shape index (κ2) is 3.14. The lowest BCUT2D eigenvalue weighted by molar-refractivity contribution is 0.123. The molecular weight excluding hydrogens is 171 g/mol. The Labute approximate surface area is 74.8 Å². The predicted molar refractivity (Wildman–Crippen MR) is 46.7 cm³/mol. The van der Waals surface area contributed by atoms with Gasteiger partial charge in [0.25, 0.3) is 6.08 Å². The van der Waals surface area contributed by atoms with Crippen molar-refractivity contribution in [1.29, 1.82) is 0 Å². The van der Waals surface area contributed by atoms with Gasteiger partial charge < -0.3 is 4.74 Å². The second-order valence-corrected chi connectivity index (χ2v) is 2.72. The molecule has 0 spiro atoms. The normalized spacial score (nSPS) is 10.9. The first-order valence-corrected chi connectivity index (χ1v) is 3.92. The van der Waals surface area contributed by atoms with Crippen LogP contribution in [0.25, 0.3) is 11.0 Å². The van der Waals surface area contributed by atoms with Crippen LogP contribution in [0.15, 0.2) is 24.3 Å². The predicted octanol–water partition coefficient (Wildman–Crippen LogP) is 1.78. The van der Waals surface area contributed by atoms with Gasteiger partial charge in [-0.05, 0) is 12.1 Å². The van der Waals surface area contributed by atoms with Gasteiger partial charge >= 0.3 is 0 Å². The van der Waals surface area contributed by atoms with Crippen LogP contribution in [0.4, 0.5) is 4.39 Å². The Morgan fingerprint density at radius 1 is 1.46 bits per heavy atom. The first kappa shape index (κ1) is 8.19. The summed E-state index contributed by atoms with van der Waals surface area (Å²) in [5, 5.41) is 0. The van der Waals surface area contributed by atoms with Crippen molar-refractivity contribution in [2.45, 2.75) is 6.73 Å². The van der Waals surface area contributed by atoms with Crippen LogP contribution in [-0.4, -0.2) is 16.7 Å². The number of nitrogens with zero attached hydrogens (tertiary/aromatic N) is 2. The highest BCUT2D eigenvalue weighted by Gasteiger charge is 2.07. The fourth-order valence-corrected chi connectivity index (χ4v) is 1.30. The number of hydrogen-bond donors (Lipinski definition) is 0. The molecule has 0 saturated carbocycles. The Morgan fingerprint density at radius 2 is 2.23 bits per heavy atom. The van der Waals surface area contributed by atoms with Crippen LogP contribution in [0.5, 0.6) is 0 Å². The van der Waals surface area contributed by atoms with E-state index in [0.717, 1.165) is 5.52 Å². The van der Waals surface area contributed by atoms with Crippen LogP contribution < -0.4 is 0 Å². The molecule has 0 radical (unpaired) electrons.